The average Bonchev–Trinajstić information content (AvgIpc) is 3.03. The second-order valence-electron chi connectivity index (χ2n) is 6.96. The van der Waals surface area contributed by atoms with Gasteiger partial charge in [0.05, 0.1) is 5.69 Å². The molecule has 1 aliphatic rings. The molecule has 0 saturated carbocycles. The van der Waals surface area contributed by atoms with Gasteiger partial charge >= 0.3 is 11.9 Å². The molecule has 170 valence electrons. The van der Waals surface area contributed by atoms with Crippen molar-refractivity contribution in [2.24, 2.45) is 0 Å². The first-order valence-electron chi connectivity index (χ1n) is 9.07. The van der Waals surface area contributed by atoms with E-state index in [0.717, 1.165) is 24.3 Å². The number of anilines is 1. The summed E-state index contributed by atoms with van der Waals surface area (Å²) in [5.41, 5.74) is -8.14. The highest BCUT2D eigenvalue weighted by atomic mass is 35.5. The zero-order chi connectivity index (χ0) is 24.1. The van der Waals surface area contributed by atoms with E-state index in [1.807, 2.05) is 5.32 Å². The van der Waals surface area contributed by atoms with Crippen LogP contribution >= 0.6 is 11.6 Å². The molecule has 0 radical (unpaired) electrons. The summed E-state index contributed by atoms with van der Waals surface area (Å²) in [6, 6.07) is 8.71. The molecule has 1 atom stereocenters. The first-order valence-corrected chi connectivity index (χ1v) is 9.45. The number of alkyl halides is 3. The number of benzene rings is 2. The number of aromatic amines is 1. The van der Waals surface area contributed by atoms with Crippen LogP contribution in [0.15, 0.2) is 58.1 Å². The van der Waals surface area contributed by atoms with E-state index < -0.39 is 57.5 Å². The SMILES string of the molecule is O=C(N[C@@]1(C(F)(F)F)C(=O)Nc2c1c(=O)[nH]c(=O)n2-c1ccc(Cl)cc1)c1ccc(F)cc1. The average molecular weight is 483 g/mol. The normalized spacial score (nSPS) is 17.4. The number of aromatic nitrogens is 2. The van der Waals surface area contributed by atoms with Crippen molar-refractivity contribution in [3.63, 3.8) is 0 Å². The van der Waals surface area contributed by atoms with Crippen molar-refractivity contribution < 1.29 is 27.2 Å². The number of rotatable bonds is 3. The summed E-state index contributed by atoms with van der Waals surface area (Å²) >= 11 is 5.80. The predicted molar refractivity (Wildman–Crippen MR) is 108 cm³/mol. The van der Waals surface area contributed by atoms with E-state index in [1.54, 1.807) is 10.3 Å². The fourth-order valence-corrected chi connectivity index (χ4v) is 3.58. The van der Waals surface area contributed by atoms with E-state index >= 15 is 0 Å². The van der Waals surface area contributed by atoms with Crippen molar-refractivity contribution in [1.29, 1.82) is 0 Å². The third-order valence-corrected chi connectivity index (χ3v) is 5.23. The van der Waals surface area contributed by atoms with Crippen LogP contribution in [0.1, 0.15) is 15.9 Å². The molecule has 8 nitrogen and oxygen atoms in total. The Hall–Kier alpha value is -3.93. The minimum Gasteiger partial charge on any atom is -0.326 e. The molecule has 0 fully saturated rings. The highest BCUT2D eigenvalue weighted by Crippen LogP contribution is 2.45. The summed E-state index contributed by atoms with van der Waals surface area (Å²) < 4.78 is 56.9. The van der Waals surface area contributed by atoms with Crippen LogP contribution in [0.3, 0.4) is 0 Å². The lowest BCUT2D eigenvalue weighted by Crippen LogP contribution is -2.62. The Morgan fingerprint density at radius 1 is 1.00 bits per heavy atom. The molecule has 0 spiro atoms. The third-order valence-electron chi connectivity index (χ3n) is 4.98. The number of nitrogens with zero attached hydrogens (tertiary/aromatic N) is 1. The van der Waals surface area contributed by atoms with Gasteiger partial charge in [-0.15, -0.1) is 0 Å². The Kier molecular flexibility index (Phi) is 5.12. The molecule has 0 bridgehead atoms. The Morgan fingerprint density at radius 3 is 2.18 bits per heavy atom. The molecule has 3 aromatic rings. The molecule has 2 heterocycles. The number of carbonyl (C=O) groups is 2. The molecule has 3 N–H and O–H groups in total. The first-order chi connectivity index (χ1) is 15.5. The smallest absolute Gasteiger partial charge is 0.326 e. The van der Waals surface area contributed by atoms with Gasteiger partial charge in [-0.25, -0.2) is 13.8 Å². The van der Waals surface area contributed by atoms with Crippen LogP contribution in [0.25, 0.3) is 5.69 Å². The molecule has 0 aliphatic carbocycles. The summed E-state index contributed by atoms with van der Waals surface area (Å²) in [5.74, 6) is -4.73. The van der Waals surface area contributed by atoms with Gasteiger partial charge in [0.25, 0.3) is 22.9 Å². The topological polar surface area (TPSA) is 113 Å². The van der Waals surface area contributed by atoms with Crippen LogP contribution in [-0.4, -0.2) is 27.5 Å². The summed E-state index contributed by atoms with van der Waals surface area (Å²) in [6.07, 6.45) is -5.51. The second-order valence-corrected chi connectivity index (χ2v) is 7.39. The Morgan fingerprint density at radius 2 is 1.61 bits per heavy atom. The van der Waals surface area contributed by atoms with Gasteiger partial charge in [-0.05, 0) is 48.5 Å². The van der Waals surface area contributed by atoms with Crippen molar-refractivity contribution in [3.8, 4) is 5.69 Å². The van der Waals surface area contributed by atoms with Gasteiger partial charge in [0.1, 0.15) is 17.2 Å². The van der Waals surface area contributed by atoms with Crippen LogP contribution in [0.4, 0.5) is 23.4 Å². The number of halogens is 5. The predicted octanol–water partition coefficient (Wildman–Crippen LogP) is 2.46. The van der Waals surface area contributed by atoms with Crippen LogP contribution in [0.2, 0.25) is 5.02 Å². The highest BCUT2D eigenvalue weighted by molar-refractivity contribution is 6.30. The van der Waals surface area contributed by atoms with Crippen LogP contribution < -0.4 is 21.9 Å². The molecular formula is C20H11ClF4N4O4. The Balaban J connectivity index is 1.96. The standard InChI is InChI=1S/C20H11ClF4N4O4/c21-10-3-7-12(8-4-10)29-14-13(16(31)27-18(29)33)19(17(32)26-14,20(23,24)25)28-15(30)9-1-5-11(22)6-2-9/h1-8H,(H,26,32)(H,28,30)(H,27,31,33)/t19-/m1/s1. The maximum Gasteiger partial charge on any atom is 0.425 e. The number of nitrogens with one attached hydrogen (secondary N) is 3. The van der Waals surface area contributed by atoms with Crippen molar-refractivity contribution in [3.05, 3.63) is 91.3 Å². The molecule has 2 aromatic carbocycles. The summed E-state index contributed by atoms with van der Waals surface area (Å²) in [5, 5.41) is 3.73. The van der Waals surface area contributed by atoms with E-state index in [-0.39, 0.29) is 10.7 Å². The van der Waals surface area contributed by atoms with Crippen molar-refractivity contribution >= 4 is 29.2 Å². The molecule has 1 aromatic heterocycles. The Bertz CT molecular complexity index is 1400. The van der Waals surface area contributed by atoms with E-state index in [2.05, 4.69) is 0 Å². The molecule has 0 unspecified atom stereocenters. The fraction of sp³-hybridized carbons (Fsp3) is 0.100. The lowest BCUT2D eigenvalue weighted by atomic mass is 9.91. The minimum atomic E-state index is -5.51. The van der Waals surface area contributed by atoms with E-state index in [0.29, 0.717) is 4.57 Å². The first kappa shape index (κ1) is 22.3. The fourth-order valence-electron chi connectivity index (χ4n) is 3.46. The highest BCUT2D eigenvalue weighted by Gasteiger charge is 2.68. The summed E-state index contributed by atoms with van der Waals surface area (Å²) in [4.78, 5) is 52.1. The molecule has 2 amide bonds. The number of amides is 2. The molecule has 4 rings (SSSR count). The largest absolute Gasteiger partial charge is 0.425 e. The van der Waals surface area contributed by atoms with Gasteiger partial charge in [0, 0.05) is 10.6 Å². The summed E-state index contributed by atoms with van der Waals surface area (Å²) in [6.45, 7) is 0. The second kappa shape index (κ2) is 7.59. The quantitative estimate of drug-likeness (QED) is 0.498. The lowest BCUT2D eigenvalue weighted by molar-refractivity contribution is -0.196. The van der Waals surface area contributed by atoms with Gasteiger partial charge in [0.15, 0.2) is 0 Å². The Labute approximate surface area is 185 Å². The van der Waals surface area contributed by atoms with Gasteiger partial charge < -0.3 is 10.6 Å². The van der Waals surface area contributed by atoms with E-state index in [9.17, 15) is 36.7 Å². The maximum atomic E-state index is 14.4. The molecule has 13 heteroatoms. The third kappa shape index (κ3) is 3.48. The number of fused-ring (bicyclic) bond motifs is 1. The van der Waals surface area contributed by atoms with Gasteiger partial charge in [-0.1, -0.05) is 11.6 Å². The van der Waals surface area contributed by atoms with E-state index in [4.69, 9.17) is 11.6 Å². The number of hydrogen-bond donors (Lipinski definition) is 3. The van der Waals surface area contributed by atoms with Crippen molar-refractivity contribution in [1.82, 2.24) is 14.9 Å². The molecular weight excluding hydrogens is 472 g/mol. The zero-order valence-corrected chi connectivity index (χ0v) is 16.8. The van der Waals surface area contributed by atoms with Gasteiger partial charge in [0.2, 0.25) is 0 Å². The minimum absolute atomic E-state index is 0.0139. The van der Waals surface area contributed by atoms with Crippen LogP contribution in [0, 0.1) is 5.82 Å². The summed E-state index contributed by atoms with van der Waals surface area (Å²) in [7, 11) is 0. The number of H-pyrrole nitrogens is 1. The monoisotopic (exact) mass is 482 g/mol. The van der Waals surface area contributed by atoms with E-state index in [1.165, 1.54) is 24.3 Å². The van der Waals surface area contributed by atoms with Gasteiger partial charge in [-0.3, -0.25) is 19.4 Å². The lowest BCUT2D eigenvalue weighted by Gasteiger charge is -2.30. The molecule has 1 aliphatic heterocycles. The zero-order valence-electron chi connectivity index (χ0n) is 16.1. The maximum absolute atomic E-state index is 14.4. The van der Waals surface area contributed by atoms with Crippen LogP contribution in [-0.2, 0) is 10.3 Å². The number of carbonyl (C=O) groups excluding carboxylic acids is 2. The van der Waals surface area contributed by atoms with Crippen molar-refractivity contribution in [2.45, 2.75) is 11.7 Å². The van der Waals surface area contributed by atoms with Gasteiger partial charge in [-0.2, -0.15) is 13.2 Å². The van der Waals surface area contributed by atoms with Crippen LogP contribution in [0.5, 0.6) is 0 Å². The molecule has 0 saturated heterocycles. The molecule has 33 heavy (non-hydrogen) atoms. The van der Waals surface area contributed by atoms with Crippen molar-refractivity contribution in [2.75, 3.05) is 5.32 Å². The number of hydrogen-bond acceptors (Lipinski definition) is 4.